The summed E-state index contributed by atoms with van der Waals surface area (Å²) in [5.74, 6) is -3.02. The maximum absolute atomic E-state index is 14.3. The Kier molecular flexibility index (Phi) is 5.95. The van der Waals surface area contributed by atoms with Gasteiger partial charge in [0.05, 0.1) is 26.7 Å². The highest BCUT2D eigenvalue weighted by Crippen LogP contribution is 2.31. The number of fused-ring (bicyclic) bond motifs is 1. The molecular formula is C16H10Cl2F2N2O3S2. The van der Waals surface area contributed by atoms with Crippen molar-refractivity contribution in [2.24, 2.45) is 4.99 Å². The zero-order valence-corrected chi connectivity index (χ0v) is 16.7. The first-order valence-electron chi connectivity index (χ1n) is 7.48. The normalized spacial score (nSPS) is 12.0. The van der Waals surface area contributed by atoms with Crippen LogP contribution >= 0.6 is 45.9 Å². The van der Waals surface area contributed by atoms with Crippen LogP contribution in [0.4, 0.5) is 8.78 Å². The number of thiazole rings is 1. The summed E-state index contributed by atoms with van der Waals surface area (Å²) in [6, 6.07) is 3.16. The monoisotopic (exact) mass is 450 g/mol. The van der Waals surface area contributed by atoms with E-state index in [9.17, 15) is 18.4 Å². The van der Waals surface area contributed by atoms with E-state index >= 15 is 0 Å². The molecule has 5 nitrogen and oxygen atoms in total. The zero-order valence-electron chi connectivity index (χ0n) is 13.6. The molecule has 0 aliphatic rings. The molecule has 0 saturated heterocycles. The summed E-state index contributed by atoms with van der Waals surface area (Å²) in [6.07, 6.45) is 0. The van der Waals surface area contributed by atoms with Crippen LogP contribution in [-0.2, 0) is 16.1 Å². The van der Waals surface area contributed by atoms with Crippen molar-refractivity contribution in [1.29, 1.82) is 0 Å². The molecule has 0 radical (unpaired) electrons. The van der Waals surface area contributed by atoms with Gasteiger partial charge in [-0.05, 0) is 19.1 Å². The van der Waals surface area contributed by atoms with E-state index in [-0.39, 0.29) is 38.1 Å². The van der Waals surface area contributed by atoms with Gasteiger partial charge in [0.2, 0.25) is 0 Å². The largest absolute Gasteiger partial charge is 0.465 e. The van der Waals surface area contributed by atoms with Gasteiger partial charge in [-0.2, -0.15) is 4.99 Å². The fourth-order valence-electron chi connectivity index (χ4n) is 2.33. The molecule has 3 rings (SSSR count). The molecule has 0 aliphatic carbocycles. The standard InChI is InChI=1S/C16H10Cl2F2N2O3S2/c1-2-25-12(23)6-22-13-9(20)3-7(19)4-10(13)26-16(22)21-15(24)8-5-11(17)27-14(8)18/h3-5H,2,6H2,1H3. The number of thiophene rings is 1. The first-order chi connectivity index (χ1) is 12.8. The number of carbonyl (C=O) groups is 2. The van der Waals surface area contributed by atoms with Gasteiger partial charge in [-0.15, -0.1) is 11.3 Å². The predicted molar refractivity (Wildman–Crippen MR) is 101 cm³/mol. The molecule has 11 heteroatoms. The van der Waals surface area contributed by atoms with Crippen LogP contribution < -0.4 is 4.80 Å². The van der Waals surface area contributed by atoms with E-state index in [1.165, 1.54) is 10.6 Å². The number of benzene rings is 1. The van der Waals surface area contributed by atoms with Crippen molar-refractivity contribution in [3.8, 4) is 0 Å². The van der Waals surface area contributed by atoms with Gasteiger partial charge in [-0.1, -0.05) is 34.5 Å². The highest BCUT2D eigenvalue weighted by molar-refractivity contribution is 7.20. The topological polar surface area (TPSA) is 60.7 Å². The first-order valence-corrected chi connectivity index (χ1v) is 9.87. The molecule has 2 aromatic heterocycles. The maximum atomic E-state index is 14.3. The number of amides is 1. The molecule has 0 atom stereocenters. The van der Waals surface area contributed by atoms with E-state index in [4.69, 9.17) is 27.9 Å². The Bertz CT molecular complexity index is 1120. The number of aromatic nitrogens is 1. The number of esters is 1. The number of hydrogen-bond acceptors (Lipinski definition) is 5. The SMILES string of the molecule is CCOC(=O)Cn1c(=NC(=O)c2cc(Cl)sc2Cl)sc2cc(F)cc(F)c21. The van der Waals surface area contributed by atoms with Crippen LogP contribution in [0.25, 0.3) is 10.2 Å². The minimum Gasteiger partial charge on any atom is -0.465 e. The minimum atomic E-state index is -0.879. The van der Waals surface area contributed by atoms with Crippen molar-refractivity contribution in [2.45, 2.75) is 13.5 Å². The highest BCUT2D eigenvalue weighted by atomic mass is 35.5. The summed E-state index contributed by atoms with van der Waals surface area (Å²) in [7, 11) is 0. The van der Waals surface area contributed by atoms with Crippen LogP contribution in [-0.4, -0.2) is 23.1 Å². The Morgan fingerprint density at radius 2 is 1.96 bits per heavy atom. The molecule has 3 aromatic rings. The summed E-state index contributed by atoms with van der Waals surface area (Å²) in [5, 5.41) is 0. The predicted octanol–water partition coefficient (Wildman–Crippen LogP) is 4.65. The van der Waals surface area contributed by atoms with Crippen molar-refractivity contribution in [2.75, 3.05) is 6.61 Å². The number of nitrogens with zero attached hydrogens (tertiary/aromatic N) is 2. The Morgan fingerprint density at radius 1 is 1.22 bits per heavy atom. The van der Waals surface area contributed by atoms with Crippen LogP contribution in [0, 0.1) is 11.6 Å². The first kappa shape index (κ1) is 19.9. The maximum Gasteiger partial charge on any atom is 0.326 e. The smallest absolute Gasteiger partial charge is 0.326 e. The van der Waals surface area contributed by atoms with Gasteiger partial charge in [0.15, 0.2) is 10.6 Å². The Labute approximate surface area is 169 Å². The fourth-order valence-corrected chi connectivity index (χ4v) is 4.85. The fraction of sp³-hybridized carbons (Fsp3) is 0.188. The minimum absolute atomic E-state index is 0.00550. The second-order valence-electron chi connectivity index (χ2n) is 5.17. The second-order valence-corrected chi connectivity index (χ2v) is 8.46. The molecule has 0 N–H and O–H groups in total. The van der Waals surface area contributed by atoms with Crippen molar-refractivity contribution in [3.63, 3.8) is 0 Å². The van der Waals surface area contributed by atoms with Crippen LogP contribution in [0.15, 0.2) is 23.2 Å². The molecule has 0 aliphatic heterocycles. The molecule has 1 aromatic carbocycles. The van der Waals surface area contributed by atoms with E-state index in [0.29, 0.717) is 10.4 Å². The Hall–Kier alpha value is -1.81. The van der Waals surface area contributed by atoms with Crippen LogP contribution in [0.3, 0.4) is 0 Å². The second kappa shape index (κ2) is 8.05. The number of rotatable bonds is 4. The summed E-state index contributed by atoms with van der Waals surface area (Å²) in [6.45, 7) is 1.37. The lowest BCUT2D eigenvalue weighted by molar-refractivity contribution is -0.143. The van der Waals surface area contributed by atoms with E-state index in [2.05, 4.69) is 4.99 Å². The van der Waals surface area contributed by atoms with Gasteiger partial charge in [-0.3, -0.25) is 9.59 Å². The third-order valence-corrected chi connectivity index (χ3v) is 5.89. The van der Waals surface area contributed by atoms with Gasteiger partial charge in [0, 0.05) is 6.07 Å². The molecule has 142 valence electrons. The average molecular weight is 451 g/mol. The van der Waals surface area contributed by atoms with Crippen molar-refractivity contribution in [3.05, 3.63) is 48.9 Å². The van der Waals surface area contributed by atoms with Gasteiger partial charge >= 0.3 is 5.97 Å². The quantitative estimate of drug-likeness (QED) is 0.543. The lowest BCUT2D eigenvalue weighted by Crippen LogP contribution is -2.23. The van der Waals surface area contributed by atoms with E-state index < -0.39 is 23.5 Å². The van der Waals surface area contributed by atoms with E-state index in [1.807, 2.05) is 0 Å². The van der Waals surface area contributed by atoms with Gasteiger partial charge in [0.25, 0.3) is 5.91 Å². The van der Waals surface area contributed by atoms with Crippen LogP contribution in [0.5, 0.6) is 0 Å². The molecule has 0 bridgehead atoms. The van der Waals surface area contributed by atoms with E-state index in [0.717, 1.165) is 28.7 Å². The summed E-state index contributed by atoms with van der Waals surface area (Å²) < 4.78 is 34.6. The molecule has 2 heterocycles. The molecule has 1 amide bonds. The number of carbonyl (C=O) groups excluding carboxylic acids is 2. The third-order valence-electron chi connectivity index (χ3n) is 3.37. The average Bonchev–Trinajstić information content (AvgIpc) is 3.07. The van der Waals surface area contributed by atoms with Gasteiger partial charge in [-0.25, -0.2) is 8.78 Å². The summed E-state index contributed by atoms with van der Waals surface area (Å²) in [4.78, 5) is 28.3. The number of ether oxygens (including phenoxy) is 1. The molecule has 0 saturated carbocycles. The van der Waals surface area contributed by atoms with Crippen molar-refractivity contribution in [1.82, 2.24) is 4.57 Å². The number of hydrogen-bond donors (Lipinski definition) is 0. The van der Waals surface area contributed by atoms with Crippen LogP contribution in [0.1, 0.15) is 17.3 Å². The molecule has 0 fully saturated rings. The summed E-state index contributed by atoms with van der Waals surface area (Å²) >= 11 is 13.7. The third kappa shape index (κ3) is 4.21. The van der Waals surface area contributed by atoms with Crippen LogP contribution in [0.2, 0.25) is 8.67 Å². The lowest BCUT2D eigenvalue weighted by atomic mass is 10.3. The number of halogens is 4. The molecular weight excluding hydrogens is 441 g/mol. The molecule has 0 spiro atoms. The Balaban J connectivity index is 2.18. The van der Waals surface area contributed by atoms with Crippen molar-refractivity contribution >= 4 is 68.0 Å². The van der Waals surface area contributed by atoms with E-state index in [1.54, 1.807) is 6.92 Å². The summed E-state index contributed by atoms with van der Waals surface area (Å²) in [5.41, 5.74) is 0.0360. The zero-order chi connectivity index (χ0) is 19.7. The lowest BCUT2D eigenvalue weighted by Gasteiger charge is -2.05. The van der Waals surface area contributed by atoms with Gasteiger partial charge < -0.3 is 9.30 Å². The highest BCUT2D eigenvalue weighted by Gasteiger charge is 2.18. The molecule has 0 unspecified atom stereocenters. The van der Waals surface area contributed by atoms with Gasteiger partial charge in [0.1, 0.15) is 16.7 Å². The van der Waals surface area contributed by atoms with Crippen molar-refractivity contribution < 1.29 is 23.1 Å². The Morgan fingerprint density at radius 3 is 2.59 bits per heavy atom. The molecule has 27 heavy (non-hydrogen) atoms.